The van der Waals surface area contributed by atoms with Gasteiger partial charge >= 0.3 is 5.97 Å². The van der Waals surface area contributed by atoms with Gasteiger partial charge in [0.2, 0.25) is 0 Å². The Kier molecular flexibility index (Phi) is 3.06. The second kappa shape index (κ2) is 4.90. The van der Waals surface area contributed by atoms with E-state index in [-0.39, 0.29) is 11.3 Å². The maximum atomic E-state index is 11.9. The highest BCUT2D eigenvalue weighted by molar-refractivity contribution is 6.04. The van der Waals surface area contributed by atoms with Gasteiger partial charge in [-0.3, -0.25) is 0 Å². The van der Waals surface area contributed by atoms with Crippen LogP contribution in [0.2, 0.25) is 0 Å². The van der Waals surface area contributed by atoms with Crippen LogP contribution in [0.3, 0.4) is 0 Å². The van der Waals surface area contributed by atoms with Gasteiger partial charge in [-0.25, -0.2) is 9.78 Å². The number of rotatable bonds is 2. The van der Waals surface area contributed by atoms with Crippen LogP contribution < -0.4 is 5.11 Å². The molecule has 1 heterocycles. The molecule has 3 aromatic rings. The first-order valence-electron chi connectivity index (χ1n) is 6.47. The average Bonchev–Trinajstić information content (AvgIpc) is 2.46. The molecule has 0 amide bonds. The molecule has 4 nitrogen and oxygen atoms in total. The van der Waals surface area contributed by atoms with E-state index in [1.54, 1.807) is 30.3 Å². The van der Waals surface area contributed by atoms with E-state index in [1.165, 1.54) is 12.1 Å². The standard InChI is InChI=1S/C17H13NO3/c1-10-6-7-14-12(8-10)13(17(20)21)9-15(18-14)11-4-2-3-5-16(11)19/h2-9,19H,1H3,(H,20,21)/p-1. The van der Waals surface area contributed by atoms with Crippen molar-refractivity contribution in [3.8, 4) is 17.0 Å². The van der Waals surface area contributed by atoms with E-state index in [9.17, 15) is 15.0 Å². The van der Waals surface area contributed by atoms with Gasteiger partial charge in [-0.15, -0.1) is 0 Å². The van der Waals surface area contributed by atoms with Crippen molar-refractivity contribution in [3.63, 3.8) is 0 Å². The summed E-state index contributed by atoms with van der Waals surface area (Å²) < 4.78 is 0. The summed E-state index contributed by atoms with van der Waals surface area (Å²) in [6.07, 6.45) is 0. The van der Waals surface area contributed by atoms with Gasteiger partial charge in [0, 0.05) is 5.39 Å². The number of carboxylic acids is 1. The van der Waals surface area contributed by atoms with E-state index < -0.39 is 5.97 Å². The Bertz CT molecular complexity index is 856. The second-order valence-corrected chi connectivity index (χ2v) is 4.88. The predicted octanol–water partition coefficient (Wildman–Crippen LogP) is 2.98. The van der Waals surface area contributed by atoms with E-state index in [2.05, 4.69) is 4.98 Å². The van der Waals surface area contributed by atoms with Crippen LogP contribution in [0.25, 0.3) is 22.2 Å². The summed E-state index contributed by atoms with van der Waals surface area (Å²) >= 11 is 0. The zero-order valence-corrected chi connectivity index (χ0v) is 11.3. The quantitative estimate of drug-likeness (QED) is 0.782. The number of carbonyl (C=O) groups is 1. The minimum absolute atomic E-state index is 0.155. The second-order valence-electron chi connectivity index (χ2n) is 4.88. The van der Waals surface area contributed by atoms with Crippen molar-refractivity contribution < 1.29 is 15.0 Å². The minimum Gasteiger partial charge on any atom is -0.872 e. The Labute approximate surface area is 121 Å². The van der Waals surface area contributed by atoms with Crippen LogP contribution in [-0.4, -0.2) is 16.1 Å². The molecule has 0 spiro atoms. The van der Waals surface area contributed by atoms with Crippen molar-refractivity contribution in [1.29, 1.82) is 0 Å². The number of carboxylic acid groups (broad SMARTS) is 1. The molecule has 104 valence electrons. The zero-order chi connectivity index (χ0) is 15.0. The van der Waals surface area contributed by atoms with E-state index in [4.69, 9.17) is 0 Å². The highest BCUT2D eigenvalue weighted by atomic mass is 16.4. The number of aromatic carboxylic acids is 1. The van der Waals surface area contributed by atoms with Crippen LogP contribution in [0.1, 0.15) is 15.9 Å². The lowest BCUT2D eigenvalue weighted by Crippen LogP contribution is -2.02. The van der Waals surface area contributed by atoms with E-state index >= 15 is 0 Å². The number of aromatic nitrogens is 1. The third kappa shape index (κ3) is 2.31. The molecule has 0 unspecified atom stereocenters. The van der Waals surface area contributed by atoms with E-state index in [1.807, 2.05) is 13.0 Å². The molecule has 3 rings (SSSR count). The van der Waals surface area contributed by atoms with Gasteiger partial charge in [0.25, 0.3) is 0 Å². The SMILES string of the molecule is Cc1ccc2nc(-c3ccccc3[O-])cc(C(=O)O)c2c1. The molecular formula is C17H12NO3-. The van der Waals surface area contributed by atoms with E-state index in [0.29, 0.717) is 22.2 Å². The highest BCUT2D eigenvalue weighted by Gasteiger charge is 2.13. The van der Waals surface area contributed by atoms with Crippen molar-refractivity contribution in [3.05, 3.63) is 59.7 Å². The summed E-state index contributed by atoms with van der Waals surface area (Å²) in [7, 11) is 0. The third-order valence-corrected chi connectivity index (χ3v) is 3.36. The normalized spacial score (nSPS) is 10.7. The maximum Gasteiger partial charge on any atom is 0.336 e. The molecule has 0 fully saturated rings. The van der Waals surface area contributed by atoms with Gasteiger partial charge in [-0.2, -0.15) is 0 Å². The summed E-state index contributed by atoms with van der Waals surface area (Å²) in [6.45, 7) is 1.89. The van der Waals surface area contributed by atoms with Crippen LogP contribution in [0.15, 0.2) is 48.5 Å². The number of hydrogen-bond acceptors (Lipinski definition) is 3. The summed E-state index contributed by atoms with van der Waals surface area (Å²) in [5, 5.41) is 21.9. The molecule has 21 heavy (non-hydrogen) atoms. The molecular weight excluding hydrogens is 266 g/mol. The number of pyridine rings is 1. The predicted molar refractivity (Wildman–Crippen MR) is 78.3 cm³/mol. The monoisotopic (exact) mass is 278 g/mol. The summed E-state index contributed by atoms with van der Waals surface area (Å²) in [5.74, 6) is -1.20. The lowest BCUT2D eigenvalue weighted by atomic mass is 10.0. The molecule has 1 N–H and O–H groups in total. The van der Waals surface area contributed by atoms with Crippen molar-refractivity contribution in [1.82, 2.24) is 4.98 Å². The van der Waals surface area contributed by atoms with Gasteiger partial charge in [0.1, 0.15) is 0 Å². The fraction of sp³-hybridized carbons (Fsp3) is 0.0588. The first-order chi connectivity index (χ1) is 10.1. The summed E-state index contributed by atoms with van der Waals surface area (Å²) in [5.41, 5.74) is 2.47. The molecule has 0 saturated heterocycles. The van der Waals surface area contributed by atoms with Crippen molar-refractivity contribution in [2.24, 2.45) is 0 Å². The Hall–Kier alpha value is -2.88. The van der Waals surface area contributed by atoms with Crippen LogP contribution in [0.4, 0.5) is 0 Å². The number of para-hydroxylation sites is 1. The molecule has 1 aromatic heterocycles. The first-order valence-corrected chi connectivity index (χ1v) is 6.47. The topological polar surface area (TPSA) is 73.2 Å². The number of hydrogen-bond donors (Lipinski definition) is 1. The summed E-state index contributed by atoms with van der Waals surface area (Å²) in [4.78, 5) is 15.9. The maximum absolute atomic E-state index is 11.9. The highest BCUT2D eigenvalue weighted by Crippen LogP contribution is 2.29. The van der Waals surface area contributed by atoms with Crippen LogP contribution in [-0.2, 0) is 0 Å². The Morgan fingerprint density at radius 2 is 1.90 bits per heavy atom. The van der Waals surface area contributed by atoms with Crippen LogP contribution in [0.5, 0.6) is 5.75 Å². The molecule has 2 aromatic carbocycles. The third-order valence-electron chi connectivity index (χ3n) is 3.36. The lowest BCUT2D eigenvalue weighted by Gasteiger charge is -2.14. The van der Waals surface area contributed by atoms with Gasteiger partial charge in [0.15, 0.2) is 0 Å². The van der Waals surface area contributed by atoms with Crippen LogP contribution in [0, 0.1) is 6.92 Å². The lowest BCUT2D eigenvalue weighted by molar-refractivity contribution is -0.267. The number of benzene rings is 2. The van der Waals surface area contributed by atoms with Gasteiger partial charge < -0.3 is 10.2 Å². The largest absolute Gasteiger partial charge is 0.872 e. The Morgan fingerprint density at radius 3 is 2.62 bits per heavy atom. The summed E-state index contributed by atoms with van der Waals surface area (Å²) in [6, 6.07) is 13.4. The number of aryl methyl sites for hydroxylation is 1. The van der Waals surface area contributed by atoms with Crippen molar-refractivity contribution >= 4 is 16.9 Å². The fourth-order valence-electron chi connectivity index (χ4n) is 2.33. The van der Waals surface area contributed by atoms with Gasteiger partial charge in [0.05, 0.1) is 16.8 Å². The molecule has 4 heteroatoms. The fourth-order valence-corrected chi connectivity index (χ4v) is 2.33. The van der Waals surface area contributed by atoms with Crippen molar-refractivity contribution in [2.45, 2.75) is 6.92 Å². The van der Waals surface area contributed by atoms with Gasteiger partial charge in [-0.1, -0.05) is 41.6 Å². The molecule has 0 saturated carbocycles. The zero-order valence-electron chi connectivity index (χ0n) is 11.3. The molecule has 0 aliphatic heterocycles. The van der Waals surface area contributed by atoms with Crippen LogP contribution >= 0.6 is 0 Å². The Morgan fingerprint density at radius 1 is 1.14 bits per heavy atom. The van der Waals surface area contributed by atoms with Crippen molar-refractivity contribution in [2.75, 3.05) is 0 Å². The minimum atomic E-state index is -1.03. The van der Waals surface area contributed by atoms with E-state index in [0.717, 1.165) is 5.56 Å². The molecule has 0 radical (unpaired) electrons. The Balaban J connectivity index is 2.34. The molecule has 0 aliphatic carbocycles. The number of fused-ring (bicyclic) bond motifs is 1. The molecule has 0 bridgehead atoms. The smallest absolute Gasteiger partial charge is 0.336 e. The van der Waals surface area contributed by atoms with Gasteiger partial charge in [-0.05, 0) is 30.7 Å². The molecule has 0 aliphatic rings. The molecule has 0 atom stereocenters. The average molecular weight is 278 g/mol. The number of nitrogens with zero attached hydrogens (tertiary/aromatic N) is 1. The first kappa shape index (κ1) is 13.1.